The van der Waals surface area contributed by atoms with E-state index in [9.17, 15) is 13.2 Å². The maximum absolute atomic E-state index is 11.6. The van der Waals surface area contributed by atoms with Gasteiger partial charge in [0, 0.05) is 16.5 Å². The molecule has 19 heavy (non-hydrogen) atoms. The number of nitrogens with one attached hydrogen (secondary N) is 1. The summed E-state index contributed by atoms with van der Waals surface area (Å²) in [6.07, 6.45) is 1.14. The fraction of sp³-hybridized carbons (Fsp3) is 0.250. The predicted molar refractivity (Wildman–Crippen MR) is 74.3 cm³/mol. The van der Waals surface area contributed by atoms with Crippen LogP contribution in [0.25, 0.3) is 6.08 Å². The molecule has 2 N–H and O–H groups in total. The number of hydrogen-bond acceptors (Lipinski definition) is 3. The van der Waals surface area contributed by atoms with Crippen molar-refractivity contribution in [1.82, 2.24) is 4.72 Å². The topological polar surface area (TPSA) is 83.5 Å². The molecule has 0 aliphatic carbocycles. The maximum atomic E-state index is 11.6. The Balaban J connectivity index is 2.68. The van der Waals surface area contributed by atoms with Gasteiger partial charge in [0.05, 0.1) is 6.42 Å². The Morgan fingerprint density at radius 3 is 2.53 bits per heavy atom. The third kappa shape index (κ3) is 6.37. The van der Waals surface area contributed by atoms with E-state index in [0.29, 0.717) is 10.6 Å². The Kier molecular flexibility index (Phi) is 5.53. The highest BCUT2D eigenvalue weighted by atomic mass is 35.5. The predicted octanol–water partition coefficient (Wildman–Crippen LogP) is 2.09. The maximum Gasteiger partial charge on any atom is 0.304 e. The summed E-state index contributed by atoms with van der Waals surface area (Å²) in [5.41, 5.74) is 0.681. The largest absolute Gasteiger partial charge is 0.481 e. The van der Waals surface area contributed by atoms with Crippen LogP contribution in [-0.4, -0.2) is 25.5 Å². The Labute approximate surface area is 117 Å². The van der Waals surface area contributed by atoms with E-state index in [0.717, 1.165) is 5.41 Å². The van der Waals surface area contributed by atoms with Crippen molar-refractivity contribution in [3.05, 3.63) is 40.3 Å². The van der Waals surface area contributed by atoms with Crippen molar-refractivity contribution in [2.24, 2.45) is 0 Å². The van der Waals surface area contributed by atoms with Crippen molar-refractivity contribution in [2.45, 2.75) is 19.4 Å². The van der Waals surface area contributed by atoms with Gasteiger partial charge < -0.3 is 5.11 Å². The number of carboxylic acids is 1. The Morgan fingerprint density at radius 1 is 1.42 bits per heavy atom. The van der Waals surface area contributed by atoms with Gasteiger partial charge in [-0.15, -0.1) is 0 Å². The normalized spacial score (nSPS) is 13.6. The molecule has 0 bridgehead atoms. The summed E-state index contributed by atoms with van der Waals surface area (Å²) in [5, 5.41) is 10.1. The van der Waals surface area contributed by atoms with E-state index < -0.39 is 22.0 Å². The van der Waals surface area contributed by atoms with Gasteiger partial charge in [0.25, 0.3) is 0 Å². The molecule has 0 saturated carbocycles. The van der Waals surface area contributed by atoms with Crippen molar-refractivity contribution in [3.63, 3.8) is 0 Å². The van der Waals surface area contributed by atoms with Gasteiger partial charge in [-0.1, -0.05) is 23.7 Å². The minimum atomic E-state index is -3.66. The molecule has 104 valence electrons. The molecule has 7 heteroatoms. The lowest BCUT2D eigenvalue weighted by Crippen LogP contribution is -2.32. The number of sulfonamides is 1. The van der Waals surface area contributed by atoms with Crippen LogP contribution in [0, 0.1) is 0 Å². The van der Waals surface area contributed by atoms with E-state index in [1.54, 1.807) is 24.3 Å². The Bertz CT molecular complexity index is 566. The molecule has 1 atom stereocenters. The van der Waals surface area contributed by atoms with E-state index in [1.165, 1.54) is 13.0 Å². The van der Waals surface area contributed by atoms with Gasteiger partial charge in [-0.25, -0.2) is 13.1 Å². The van der Waals surface area contributed by atoms with E-state index in [-0.39, 0.29) is 6.42 Å². The van der Waals surface area contributed by atoms with Crippen molar-refractivity contribution < 1.29 is 18.3 Å². The zero-order valence-electron chi connectivity index (χ0n) is 10.2. The van der Waals surface area contributed by atoms with Crippen LogP contribution in [0.3, 0.4) is 0 Å². The summed E-state index contributed by atoms with van der Waals surface area (Å²) in [6.45, 7) is 1.49. The van der Waals surface area contributed by atoms with Gasteiger partial charge >= 0.3 is 5.97 Å². The molecule has 1 aromatic carbocycles. The van der Waals surface area contributed by atoms with Crippen molar-refractivity contribution in [3.8, 4) is 0 Å². The summed E-state index contributed by atoms with van der Waals surface area (Å²) < 4.78 is 25.5. The first-order valence-corrected chi connectivity index (χ1v) is 7.39. The van der Waals surface area contributed by atoms with E-state index in [2.05, 4.69) is 4.72 Å². The van der Waals surface area contributed by atoms with Gasteiger partial charge in [-0.05, 0) is 30.7 Å². The molecule has 0 amide bonds. The molecule has 1 rings (SSSR count). The summed E-state index contributed by atoms with van der Waals surface area (Å²) in [5.74, 6) is -1.06. The number of benzene rings is 1. The highest BCUT2D eigenvalue weighted by Gasteiger charge is 2.13. The molecule has 0 aromatic heterocycles. The zero-order chi connectivity index (χ0) is 14.5. The molecule has 0 saturated heterocycles. The van der Waals surface area contributed by atoms with Crippen LogP contribution in [0.5, 0.6) is 0 Å². The molecule has 0 aliphatic heterocycles. The summed E-state index contributed by atoms with van der Waals surface area (Å²) in [7, 11) is -3.66. The summed E-state index contributed by atoms with van der Waals surface area (Å²) in [4.78, 5) is 10.4. The lowest BCUT2D eigenvalue weighted by molar-refractivity contribution is -0.137. The van der Waals surface area contributed by atoms with Crippen LogP contribution in [-0.2, 0) is 14.8 Å². The first-order valence-electron chi connectivity index (χ1n) is 5.46. The number of carbonyl (C=O) groups is 1. The molecule has 0 radical (unpaired) electrons. The quantitative estimate of drug-likeness (QED) is 0.843. The molecular weight excluding hydrogens is 290 g/mol. The Morgan fingerprint density at radius 2 is 2.00 bits per heavy atom. The van der Waals surface area contributed by atoms with E-state index in [4.69, 9.17) is 16.7 Å². The number of halogens is 1. The van der Waals surface area contributed by atoms with Gasteiger partial charge in [0.1, 0.15) is 0 Å². The minimum absolute atomic E-state index is 0.270. The van der Waals surface area contributed by atoms with Crippen molar-refractivity contribution >= 4 is 33.7 Å². The molecular formula is C12H14ClNO4S. The fourth-order valence-electron chi connectivity index (χ4n) is 1.37. The molecule has 5 nitrogen and oxygen atoms in total. The lowest BCUT2D eigenvalue weighted by Gasteiger charge is -2.09. The van der Waals surface area contributed by atoms with E-state index in [1.807, 2.05) is 0 Å². The second kappa shape index (κ2) is 6.70. The SMILES string of the molecule is CC(CC(=O)O)NS(=O)(=O)/C=C/c1ccc(Cl)cc1. The number of aliphatic carboxylic acids is 1. The van der Waals surface area contributed by atoms with Crippen LogP contribution in [0.1, 0.15) is 18.9 Å². The zero-order valence-corrected chi connectivity index (χ0v) is 11.8. The van der Waals surface area contributed by atoms with Gasteiger partial charge in [0.2, 0.25) is 10.0 Å². The number of carboxylic acid groups (broad SMARTS) is 1. The van der Waals surface area contributed by atoms with Gasteiger partial charge in [0.15, 0.2) is 0 Å². The summed E-state index contributed by atoms with van der Waals surface area (Å²) >= 11 is 5.71. The van der Waals surface area contributed by atoms with Gasteiger partial charge in [-0.2, -0.15) is 0 Å². The van der Waals surface area contributed by atoms with Crippen LogP contribution in [0.4, 0.5) is 0 Å². The van der Waals surface area contributed by atoms with Crippen LogP contribution < -0.4 is 4.72 Å². The molecule has 1 unspecified atom stereocenters. The van der Waals surface area contributed by atoms with Crippen LogP contribution >= 0.6 is 11.6 Å². The first kappa shape index (κ1) is 15.7. The number of hydrogen-bond donors (Lipinski definition) is 2. The molecule has 0 fully saturated rings. The number of rotatable bonds is 6. The summed E-state index contributed by atoms with van der Waals surface area (Å²) in [6, 6.07) is 5.98. The lowest BCUT2D eigenvalue weighted by atomic mass is 10.2. The van der Waals surface area contributed by atoms with Crippen molar-refractivity contribution in [2.75, 3.05) is 0 Å². The highest BCUT2D eigenvalue weighted by Crippen LogP contribution is 2.11. The van der Waals surface area contributed by atoms with E-state index >= 15 is 0 Å². The fourth-order valence-corrected chi connectivity index (χ4v) is 2.55. The Hall–Kier alpha value is -1.37. The smallest absolute Gasteiger partial charge is 0.304 e. The molecule has 0 aliphatic rings. The minimum Gasteiger partial charge on any atom is -0.481 e. The second-order valence-electron chi connectivity index (χ2n) is 4.02. The standard InChI is InChI=1S/C12H14ClNO4S/c1-9(8-12(15)16)14-19(17,18)7-6-10-2-4-11(13)5-3-10/h2-7,9,14H,8H2,1H3,(H,15,16)/b7-6+. The molecule has 0 heterocycles. The monoisotopic (exact) mass is 303 g/mol. The molecule has 0 spiro atoms. The first-order chi connectivity index (χ1) is 8.78. The average Bonchev–Trinajstić information content (AvgIpc) is 2.26. The van der Waals surface area contributed by atoms with Crippen LogP contribution in [0.15, 0.2) is 29.7 Å². The molecule has 1 aromatic rings. The highest BCUT2D eigenvalue weighted by molar-refractivity contribution is 7.92. The third-order valence-corrected chi connectivity index (χ3v) is 3.63. The van der Waals surface area contributed by atoms with Crippen molar-refractivity contribution in [1.29, 1.82) is 0 Å². The van der Waals surface area contributed by atoms with Crippen LogP contribution in [0.2, 0.25) is 5.02 Å². The van der Waals surface area contributed by atoms with Gasteiger partial charge in [-0.3, -0.25) is 4.79 Å². The average molecular weight is 304 g/mol. The third-order valence-electron chi connectivity index (χ3n) is 2.16. The second-order valence-corrected chi connectivity index (χ2v) is 6.05.